The van der Waals surface area contributed by atoms with E-state index in [0.29, 0.717) is 17.1 Å². The number of allylic oxidation sites excluding steroid dienone is 1. The summed E-state index contributed by atoms with van der Waals surface area (Å²) in [4.78, 5) is 11.7. The fraction of sp³-hybridized carbons (Fsp3) is 0.0800. The van der Waals surface area contributed by atoms with E-state index in [1.165, 1.54) is 0 Å². The zero-order valence-electron chi connectivity index (χ0n) is 16.2. The average Bonchev–Trinajstić information content (AvgIpc) is 2.74. The highest BCUT2D eigenvalue weighted by Crippen LogP contribution is 2.27. The van der Waals surface area contributed by atoms with Crippen molar-refractivity contribution < 1.29 is 19.4 Å². The molecule has 3 rings (SSSR count). The molecule has 3 aromatic carbocycles. The molecule has 146 valence electrons. The van der Waals surface area contributed by atoms with E-state index in [0.717, 1.165) is 23.3 Å². The highest BCUT2D eigenvalue weighted by Gasteiger charge is 2.11. The number of para-hydroxylation sites is 1. The van der Waals surface area contributed by atoms with Crippen LogP contribution < -0.4 is 9.47 Å². The van der Waals surface area contributed by atoms with E-state index in [1.807, 2.05) is 54.6 Å². The Labute approximate surface area is 170 Å². The lowest BCUT2D eigenvalue weighted by Gasteiger charge is -2.10. The van der Waals surface area contributed by atoms with Gasteiger partial charge in [0.2, 0.25) is 0 Å². The number of aliphatic carboxylic acids is 1. The first-order chi connectivity index (χ1) is 14.1. The number of ether oxygens (including phenoxy) is 2. The van der Waals surface area contributed by atoms with Crippen molar-refractivity contribution in [3.63, 3.8) is 0 Å². The molecule has 0 atom stereocenters. The summed E-state index contributed by atoms with van der Waals surface area (Å²) in [7, 11) is 1.57. The summed E-state index contributed by atoms with van der Waals surface area (Å²) in [5, 5.41) is 9.61. The fourth-order valence-electron chi connectivity index (χ4n) is 2.89. The zero-order valence-corrected chi connectivity index (χ0v) is 16.2. The molecular weight excluding hydrogens is 364 g/mol. The number of hydrogen-bond donors (Lipinski definition) is 1. The first-order valence-electron chi connectivity index (χ1n) is 9.17. The standard InChI is InChI=1S/C25H22O4/c1-3-6-20-7-4-5-8-24(20)29-22-13-9-18(10-14-22)17-23(25(26)27)19-11-15-21(28-2)16-12-19/h3-5,7-17H,1,6H2,2H3,(H,26,27)/b23-17+. The van der Waals surface area contributed by atoms with Gasteiger partial charge in [0.1, 0.15) is 17.2 Å². The number of benzene rings is 3. The van der Waals surface area contributed by atoms with Gasteiger partial charge in [0.05, 0.1) is 12.7 Å². The summed E-state index contributed by atoms with van der Waals surface area (Å²) < 4.78 is 11.1. The van der Waals surface area contributed by atoms with Crippen LogP contribution in [0.15, 0.2) is 85.5 Å². The maximum Gasteiger partial charge on any atom is 0.336 e. The lowest BCUT2D eigenvalue weighted by atomic mass is 10.0. The minimum Gasteiger partial charge on any atom is -0.497 e. The third-order valence-electron chi connectivity index (χ3n) is 4.39. The fourth-order valence-corrected chi connectivity index (χ4v) is 2.89. The van der Waals surface area contributed by atoms with Gasteiger partial charge in [-0.15, -0.1) is 6.58 Å². The highest BCUT2D eigenvalue weighted by molar-refractivity contribution is 6.20. The van der Waals surface area contributed by atoms with Gasteiger partial charge >= 0.3 is 5.97 Å². The highest BCUT2D eigenvalue weighted by atomic mass is 16.5. The third-order valence-corrected chi connectivity index (χ3v) is 4.39. The van der Waals surface area contributed by atoms with Gasteiger partial charge in [-0.3, -0.25) is 0 Å². The van der Waals surface area contributed by atoms with Crippen LogP contribution in [-0.2, 0) is 11.2 Å². The Morgan fingerprint density at radius 1 is 0.966 bits per heavy atom. The van der Waals surface area contributed by atoms with E-state index in [1.54, 1.807) is 37.5 Å². The molecule has 4 heteroatoms. The van der Waals surface area contributed by atoms with Gasteiger partial charge in [-0.25, -0.2) is 4.79 Å². The Morgan fingerprint density at radius 2 is 1.62 bits per heavy atom. The molecule has 0 bridgehead atoms. The minimum atomic E-state index is -0.992. The molecular formula is C25H22O4. The van der Waals surface area contributed by atoms with E-state index < -0.39 is 5.97 Å². The second-order valence-corrected chi connectivity index (χ2v) is 6.36. The van der Waals surface area contributed by atoms with Crippen molar-refractivity contribution in [2.24, 2.45) is 0 Å². The molecule has 3 aromatic rings. The van der Waals surface area contributed by atoms with E-state index >= 15 is 0 Å². The molecule has 29 heavy (non-hydrogen) atoms. The van der Waals surface area contributed by atoms with Crippen LogP contribution in [0.5, 0.6) is 17.2 Å². The van der Waals surface area contributed by atoms with Crippen molar-refractivity contribution >= 4 is 17.6 Å². The first-order valence-corrected chi connectivity index (χ1v) is 9.17. The summed E-state index contributed by atoms with van der Waals surface area (Å²) in [5.41, 5.74) is 2.64. The molecule has 0 saturated carbocycles. The molecule has 0 aliphatic heterocycles. The van der Waals surface area contributed by atoms with Crippen molar-refractivity contribution in [1.82, 2.24) is 0 Å². The predicted molar refractivity (Wildman–Crippen MR) is 115 cm³/mol. The SMILES string of the molecule is C=CCc1ccccc1Oc1ccc(/C=C(/C(=O)O)c2ccc(OC)cc2)cc1. The summed E-state index contributed by atoms with van der Waals surface area (Å²) in [6.07, 6.45) is 4.20. The number of carbonyl (C=O) groups is 1. The van der Waals surface area contributed by atoms with Crippen molar-refractivity contribution in [3.05, 3.63) is 102 Å². The number of carboxylic acid groups (broad SMARTS) is 1. The van der Waals surface area contributed by atoms with Crippen LogP contribution >= 0.6 is 0 Å². The quantitative estimate of drug-likeness (QED) is 0.300. The molecule has 4 nitrogen and oxygen atoms in total. The van der Waals surface area contributed by atoms with Crippen molar-refractivity contribution in [3.8, 4) is 17.2 Å². The maximum absolute atomic E-state index is 11.7. The lowest BCUT2D eigenvalue weighted by Crippen LogP contribution is -1.99. The average molecular weight is 386 g/mol. The van der Waals surface area contributed by atoms with Crippen LogP contribution in [0, 0.1) is 0 Å². The van der Waals surface area contributed by atoms with Crippen molar-refractivity contribution in [1.29, 1.82) is 0 Å². The van der Waals surface area contributed by atoms with E-state index in [9.17, 15) is 9.90 Å². The number of methoxy groups -OCH3 is 1. The smallest absolute Gasteiger partial charge is 0.336 e. The Bertz CT molecular complexity index is 1020. The Balaban J connectivity index is 1.82. The topological polar surface area (TPSA) is 55.8 Å². The molecule has 0 fully saturated rings. The largest absolute Gasteiger partial charge is 0.497 e. The molecule has 0 aromatic heterocycles. The van der Waals surface area contributed by atoms with Crippen LogP contribution in [0.25, 0.3) is 11.6 Å². The van der Waals surface area contributed by atoms with Crippen LogP contribution in [0.2, 0.25) is 0 Å². The summed E-state index contributed by atoms with van der Waals surface area (Å²) >= 11 is 0. The number of hydrogen-bond acceptors (Lipinski definition) is 3. The molecule has 0 aliphatic carbocycles. The molecule has 0 unspecified atom stereocenters. The third kappa shape index (κ3) is 5.14. The first kappa shape index (κ1) is 20.0. The summed E-state index contributed by atoms with van der Waals surface area (Å²) in [5.74, 6) is 1.14. The summed E-state index contributed by atoms with van der Waals surface area (Å²) in [6.45, 7) is 3.78. The van der Waals surface area contributed by atoms with Crippen molar-refractivity contribution in [2.45, 2.75) is 6.42 Å². The van der Waals surface area contributed by atoms with E-state index in [2.05, 4.69) is 6.58 Å². The molecule has 0 amide bonds. The number of rotatable bonds is 8. The predicted octanol–water partition coefficient (Wildman–Crippen LogP) is 5.84. The number of carboxylic acids is 1. The molecule has 0 spiro atoms. The summed E-state index contributed by atoms with van der Waals surface area (Å²) in [6, 6.07) is 22.1. The van der Waals surface area contributed by atoms with Gasteiger partial charge < -0.3 is 14.6 Å². The Morgan fingerprint density at radius 3 is 2.24 bits per heavy atom. The molecule has 0 heterocycles. The van der Waals surface area contributed by atoms with Crippen LogP contribution in [0.1, 0.15) is 16.7 Å². The molecule has 1 N–H and O–H groups in total. The van der Waals surface area contributed by atoms with E-state index in [4.69, 9.17) is 9.47 Å². The Kier molecular flexibility index (Phi) is 6.48. The minimum absolute atomic E-state index is 0.206. The van der Waals surface area contributed by atoms with Gasteiger partial charge in [0.15, 0.2) is 0 Å². The van der Waals surface area contributed by atoms with Gasteiger partial charge in [-0.1, -0.05) is 48.5 Å². The van der Waals surface area contributed by atoms with E-state index in [-0.39, 0.29) is 5.57 Å². The lowest BCUT2D eigenvalue weighted by molar-refractivity contribution is -0.130. The van der Waals surface area contributed by atoms with Gasteiger partial charge in [-0.05, 0) is 59.5 Å². The zero-order chi connectivity index (χ0) is 20.6. The van der Waals surface area contributed by atoms with Gasteiger partial charge in [0, 0.05) is 0 Å². The monoisotopic (exact) mass is 386 g/mol. The van der Waals surface area contributed by atoms with Crippen LogP contribution in [0.3, 0.4) is 0 Å². The van der Waals surface area contributed by atoms with Gasteiger partial charge in [-0.2, -0.15) is 0 Å². The van der Waals surface area contributed by atoms with Crippen molar-refractivity contribution in [2.75, 3.05) is 7.11 Å². The van der Waals surface area contributed by atoms with Crippen LogP contribution in [-0.4, -0.2) is 18.2 Å². The second kappa shape index (κ2) is 9.42. The molecule has 0 aliphatic rings. The maximum atomic E-state index is 11.7. The molecule has 0 saturated heterocycles. The Hall–Kier alpha value is -3.79. The second-order valence-electron chi connectivity index (χ2n) is 6.36. The molecule has 0 radical (unpaired) electrons. The van der Waals surface area contributed by atoms with Gasteiger partial charge in [0.25, 0.3) is 0 Å². The normalized spacial score (nSPS) is 11.0. The van der Waals surface area contributed by atoms with Crippen LogP contribution in [0.4, 0.5) is 0 Å².